The van der Waals surface area contributed by atoms with Gasteiger partial charge >= 0.3 is 11.9 Å². The van der Waals surface area contributed by atoms with Crippen molar-refractivity contribution in [3.05, 3.63) is 48.1 Å². The van der Waals surface area contributed by atoms with E-state index in [9.17, 15) is 14.7 Å². The van der Waals surface area contributed by atoms with Gasteiger partial charge in [-0.3, -0.25) is 0 Å². The van der Waals surface area contributed by atoms with Crippen molar-refractivity contribution in [1.82, 2.24) is 5.32 Å². The number of halogens is 1. The molecule has 1 aromatic rings. The standard InChI is InChI=1S/C20H27NO5.ClH/c1-6-8-18(23)25-16-11-10-14(15(22)13-21-20(3,4)5)12-17(16)26-19(24)9-7-2;/h6-12,15,21-22H,13H2,1-5H3;1H. The zero-order valence-electron chi connectivity index (χ0n) is 16.3. The third kappa shape index (κ3) is 9.38. The van der Waals surface area contributed by atoms with E-state index < -0.39 is 18.0 Å². The number of carbonyl (C=O) groups is 2. The molecule has 1 rings (SSSR count). The summed E-state index contributed by atoms with van der Waals surface area (Å²) >= 11 is 0. The molecule has 2 N–H and O–H groups in total. The Bertz CT molecular complexity index is 692. The number of ether oxygens (including phenoxy) is 2. The highest BCUT2D eigenvalue weighted by atomic mass is 35.5. The van der Waals surface area contributed by atoms with Crippen molar-refractivity contribution in [2.45, 2.75) is 46.3 Å². The van der Waals surface area contributed by atoms with Gasteiger partial charge in [-0.05, 0) is 52.3 Å². The summed E-state index contributed by atoms with van der Waals surface area (Å²) in [4.78, 5) is 23.5. The number of hydrogen-bond acceptors (Lipinski definition) is 6. The van der Waals surface area contributed by atoms with E-state index in [1.165, 1.54) is 24.3 Å². The van der Waals surface area contributed by atoms with Crippen LogP contribution in [-0.2, 0) is 9.59 Å². The number of benzene rings is 1. The lowest BCUT2D eigenvalue weighted by Gasteiger charge is -2.23. The second kappa shape index (κ2) is 11.5. The van der Waals surface area contributed by atoms with Gasteiger partial charge in [0, 0.05) is 24.2 Å². The number of nitrogens with one attached hydrogen (secondary N) is 1. The number of hydrogen-bond donors (Lipinski definition) is 2. The Morgan fingerprint density at radius 3 is 2.07 bits per heavy atom. The number of carbonyl (C=O) groups excluding carboxylic acids is 2. The molecule has 1 unspecified atom stereocenters. The van der Waals surface area contributed by atoms with Gasteiger partial charge in [0.2, 0.25) is 0 Å². The first kappa shape index (κ1) is 24.8. The Hall–Kier alpha value is -2.15. The van der Waals surface area contributed by atoms with Crippen molar-refractivity contribution >= 4 is 24.3 Å². The van der Waals surface area contributed by atoms with Gasteiger partial charge in [-0.1, -0.05) is 18.2 Å². The molecule has 1 aromatic carbocycles. The minimum Gasteiger partial charge on any atom is -0.419 e. The maximum Gasteiger partial charge on any atom is 0.335 e. The van der Waals surface area contributed by atoms with E-state index in [4.69, 9.17) is 9.47 Å². The van der Waals surface area contributed by atoms with E-state index in [0.717, 1.165) is 0 Å². The lowest BCUT2D eigenvalue weighted by Crippen LogP contribution is -2.38. The maximum absolute atomic E-state index is 11.8. The van der Waals surface area contributed by atoms with Crippen LogP contribution in [0.25, 0.3) is 0 Å². The number of aliphatic hydroxyl groups excluding tert-OH is 1. The van der Waals surface area contributed by atoms with Crippen molar-refractivity contribution in [3.8, 4) is 11.5 Å². The lowest BCUT2D eigenvalue weighted by molar-refractivity contribution is -0.131. The van der Waals surface area contributed by atoms with E-state index in [-0.39, 0.29) is 29.4 Å². The van der Waals surface area contributed by atoms with Gasteiger partial charge < -0.3 is 19.9 Å². The predicted molar refractivity (Wildman–Crippen MR) is 107 cm³/mol. The molecule has 0 aliphatic heterocycles. The Morgan fingerprint density at radius 2 is 1.59 bits per heavy atom. The largest absolute Gasteiger partial charge is 0.419 e. The van der Waals surface area contributed by atoms with Gasteiger partial charge in [-0.2, -0.15) is 0 Å². The van der Waals surface area contributed by atoms with Gasteiger partial charge in [-0.25, -0.2) is 9.59 Å². The molecule has 7 heteroatoms. The van der Waals surface area contributed by atoms with Crippen LogP contribution in [0.5, 0.6) is 11.5 Å². The summed E-state index contributed by atoms with van der Waals surface area (Å²) in [5, 5.41) is 13.6. The van der Waals surface area contributed by atoms with Crippen LogP contribution in [0.15, 0.2) is 42.5 Å². The molecule has 6 nitrogen and oxygen atoms in total. The Kier molecular flexibility index (Phi) is 10.6. The second-order valence-electron chi connectivity index (χ2n) is 6.70. The minimum atomic E-state index is -0.811. The first-order valence-electron chi connectivity index (χ1n) is 8.42. The molecule has 0 saturated heterocycles. The van der Waals surface area contributed by atoms with Gasteiger partial charge in [0.15, 0.2) is 11.5 Å². The molecule has 0 fully saturated rings. The van der Waals surface area contributed by atoms with Crippen LogP contribution in [0.4, 0.5) is 0 Å². The monoisotopic (exact) mass is 397 g/mol. The molecule has 0 aliphatic rings. The highest BCUT2D eigenvalue weighted by molar-refractivity contribution is 5.86. The Morgan fingerprint density at radius 1 is 1.07 bits per heavy atom. The fraction of sp³-hybridized carbons (Fsp3) is 0.400. The molecule has 0 aromatic heterocycles. The number of rotatable bonds is 7. The van der Waals surface area contributed by atoms with E-state index in [2.05, 4.69) is 5.32 Å². The van der Waals surface area contributed by atoms with Gasteiger partial charge in [0.25, 0.3) is 0 Å². The summed E-state index contributed by atoms with van der Waals surface area (Å²) in [7, 11) is 0. The summed E-state index contributed by atoms with van der Waals surface area (Å²) in [6.07, 6.45) is 4.79. The summed E-state index contributed by atoms with van der Waals surface area (Å²) in [6, 6.07) is 4.62. The molecule has 0 amide bonds. The molecule has 150 valence electrons. The second-order valence-corrected chi connectivity index (χ2v) is 6.70. The highest BCUT2D eigenvalue weighted by Crippen LogP contribution is 2.31. The molecule has 27 heavy (non-hydrogen) atoms. The maximum atomic E-state index is 11.8. The fourth-order valence-electron chi connectivity index (χ4n) is 1.97. The molecular formula is C20H28ClNO5. The van der Waals surface area contributed by atoms with Crippen molar-refractivity contribution < 1.29 is 24.2 Å². The summed E-state index contributed by atoms with van der Waals surface area (Å²) < 4.78 is 10.4. The third-order valence-corrected chi connectivity index (χ3v) is 3.20. The molecule has 0 saturated carbocycles. The molecule has 0 aliphatic carbocycles. The molecule has 0 heterocycles. The van der Waals surface area contributed by atoms with Crippen LogP contribution in [0.2, 0.25) is 0 Å². The first-order chi connectivity index (χ1) is 12.2. The van der Waals surface area contributed by atoms with Crippen LogP contribution in [-0.4, -0.2) is 29.1 Å². The zero-order chi connectivity index (χ0) is 19.7. The van der Waals surface area contributed by atoms with Crippen LogP contribution in [0.1, 0.15) is 46.3 Å². The fourth-order valence-corrected chi connectivity index (χ4v) is 1.97. The topological polar surface area (TPSA) is 84.9 Å². The predicted octanol–water partition coefficient (Wildman–Crippen LogP) is 3.49. The molecule has 0 radical (unpaired) electrons. The van der Waals surface area contributed by atoms with E-state index in [0.29, 0.717) is 12.1 Å². The van der Waals surface area contributed by atoms with Crippen molar-refractivity contribution in [3.63, 3.8) is 0 Å². The third-order valence-electron chi connectivity index (χ3n) is 3.20. The summed E-state index contributed by atoms with van der Waals surface area (Å²) in [6.45, 7) is 9.68. The quantitative estimate of drug-likeness (QED) is 0.416. The van der Waals surface area contributed by atoms with Gasteiger partial charge in [-0.15, -0.1) is 12.4 Å². The summed E-state index contributed by atoms with van der Waals surface area (Å²) in [5.41, 5.74) is 0.389. The average molecular weight is 398 g/mol. The van der Waals surface area contributed by atoms with Crippen LogP contribution < -0.4 is 14.8 Å². The van der Waals surface area contributed by atoms with E-state index in [1.807, 2.05) is 20.8 Å². The molecule has 1 atom stereocenters. The van der Waals surface area contributed by atoms with Crippen LogP contribution >= 0.6 is 12.4 Å². The average Bonchev–Trinajstić information content (AvgIpc) is 2.54. The van der Waals surface area contributed by atoms with E-state index in [1.54, 1.807) is 32.1 Å². The van der Waals surface area contributed by atoms with Gasteiger partial charge in [0.05, 0.1) is 6.10 Å². The number of β-amino-alcohol motifs (C(OH)–C–C–N with tert-alkyl or cyclic N) is 1. The number of esters is 2. The summed E-state index contributed by atoms with van der Waals surface area (Å²) in [5.74, 6) is -1.02. The van der Waals surface area contributed by atoms with Crippen molar-refractivity contribution in [2.24, 2.45) is 0 Å². The minimum absolute atomic E-state index is 0. The zero-order valence-corrected chi connectivity index (χ0v) is 17.1. The van der Waals surface area contributed by atoms with Crippen molar-refractivity contribution in [2.75, 3.05) is 6.54 Å². The smallest absolute Gasteiger partial charge is 0.335 e. The SMILES string of the molecule is CC=CC(=O)Oc1ccc(C(O)CNC(C)(C)C)cc1OC(=O)C=CC.Cl. The van der Waals surface area contributed by atoms with Crippen LogP contribution in [0.3, 0.4) is 0 Å². The van der Waals surface area contributed by atoms with Crippen molar-refractivity contribution in [1.29, 1.82) is 0 Å². The number of aliphatic hydroxyl groups is 1. The normalized spacial score (nSPS) is 12.7. The molecular weight excluding hydrogens is 370 g/mol. The lowest BCUT2D eigenvalue weighted by atomic mass is 10.1. The Labute approximate surface area is 166 Å². The van der Waals surface area contributed by atoms with Gasteiger partial charge in [0.1, 0.15) is 0 Å². The van der Waals surface area contributed by atoms with Crippen LogP contribution in [0, 0.1) is 0 Å². The first-order valence-corrected chi connectivity index (χ1v) is 8.42. The molecule has 0 spiro atoms. The Balaban J connectivity index is 0.00000676. The molecule has 0 bridgehead atoms. The number of allylic oxidation sites excluding steroid dienone is 2. The van der Waals surface area contributed by atoms with E-state index >= 15 is 0 Å². The highest BCUT2D eigenvalue weighted by Gasteiger charge is 2.18.